The maximum atomic E-state index is 14.5. The van der Waals surface area contributed by atoms with Crippen molar-refractivity contribution in [1.29, 1.82) is 0 Å². The van der Waals surface area contributed by atoms with Gasteiger partial charge in [-0.05, 0) is 74.0 Å². The molecule has 15 heteroatoms. The second-order valence-corrected chi connectivity index (χ2v) is 13.9. The zero-order chi connectivity index (χ0) is 35.2. The molecule has 2 amide bonds. The van der Waals surface area contributed by atoms with Crippen molar-refractivity contribution in [3.63, 3.8) is 0 Å². The molecule has 2 saturated heterocycles. The molecule has 3 heterocycles. The molecule has 3 aromatic rings. The van der Waals surface area contributed by atoms with Gasteiger partial charge >= 0.3 is 6.18 Å². The number of nitrogens with zero attached hydrogens (tertiary/aromatic N) is 5. The highest BCUT2D eigenvalue weighted by Crippen LogP contribution is 2.40. The average molecular weight is 694 g/mol. The van der Waals surface area contributed by atoms with Gasteiger partial charge in [-0.3, -0.25) is 24.1 Å². The van der Waals surface area contributed by atoms with Crippen molar-refractivity contribution in [3.8, 4) is 0 Å². The van der Waals surface area contributed by atoms with Crippen LogP contribution in [0, 0.1) is 0 Å². The van der Waals surface area contributed by atoms with Crippen LogP contribution < -0.4 is 16.0 Å². The quantitative estimate of drug-likeness (QED) is 0.304. The molecular formula is C33H46F3N7O4S. The fourth-order valence-corrected chi connectivity index (χ4v) is 8.17. The van der Waals surface area contributed by atoms with E-state index in [4.69, 9.17) is 5.73 Å². The van der Waals surface area contributed by atoms with Gasteiger partial charge in [-0.15, -0.1) is 0 Å². The largest absolute Gasteiger partial charge is 0.418 e. The maximum absolute atomic E-state index is 14.5. The first-order valence-corrected chi connectivity index (χ1v) is 17.8. The fourth-order valence-electron chi connectivity index (χ4n) is 6.44. The van der Waals surface area contributed by atoms with E-state index in [0.29, 0.717) is 51.0 Å². The summed E-state index contributed by atoms with van der Waals surface area (Å²) in [5, 5.41) is 7.84. The number of halogens is 3. The summed E-state index contributed by atoms with van der Waals surface area (Å²) in [5.41, 5.74) is 6.63. The Bertz CT molecular complexity index is 1680. The minimum absolute atomic E-state index is 0.0164. The van der Waals surface area contributed by atoms with E-state index in [1.165, 1.54) is 24.1 Å². The maximum Gasteiger partial charge on any atom is 0.418 e. The van der Waals surface area contributed by atoms with Gasteiger partial charge in [0.2, 0.25) is 22.3 Å². The summed E-state index contributed by atoms with van der Waals surface area (Å²) in [4.78, 5) is 26.1. The SMILES string of the molecule is CC.CNC(=O)CCN(C=O)c1nn(C)c2cc(C3CCN(Cc4cccc(S(=O)(=O)N5CCC(N)CC5)c4C(F)(F)F)CC3)ccc12. The lowest BCUT2D eigenvalue weighted by Gasteiger charge is -2.33. The number of sulfonamides is 1. The van der Waals surface area contributed by atoms with E-state index in [1.807, 2.05) is 36.9 Å². The third kappa shape index (κ3) is 8.18. The monoisotopic (exact) mass is 693 g/mol. The number of hydrogen-bond donors (Lipinski definition) is 2. The van der Waals surface area contributed by atoms with E-state index in [-0.39, 0.29) is 56.0 Å². The van der Waals surface area contributed by atoms with E-state index < -0.39 is 26.7 Å². The number of nitrogens with one attached hydrogen (secondary N) is 1. The number of anilines is 1. The van der Waals surface area contributed by atoms with Crippen molar-refractivity contribution in [2.24, 2.45) is 12.8 Å². The Morgan fingerprint density at radius 1 is 1.08 bits per heavy atom. The summed E-state index contributed by atoms with van der Waals surface area (Å²) >= 11 is 0. The van der Waals surface area contributed by atoms with Crippen LogP contribution in [0.15, 0.2) is 41.3 Å². The zero-order valence-corrected chi connectivity index (χ0v) is 28.8. The number of piperidine rings is 2. The molecule has 11 nitrogen and oxygen atoms in total. The molecule has 2 fully saturated rings. The minimum Gasteiger partial charge on any atom is -0.359 e. The lowest BCUT2D eigenvalue weighted by Crippen LogP contribution is -2.43. The predicted octanol–water partition coefficient (Wildman–Crippen LogP) is 4.21. The normalized spacial score (nSPS) is 17.2. The van der Waals surface area contributed by atoms with E-state index in [1.54, 1.807) is 11.7 Å². The molecule has 0 unspecified atom stereocenters. The van der Waals surface area contributed by atoms with Crippen LogP contribution in [0.2, 0.25) is 0 Å². The molecule has 1 aromatic heterocycles. The van der Waals surface area contributed by atoms with Crippen LogP contribution in [0.5, 0.6) is 0 Å². The molecule has 0 spiro atoms. The van der Waals surface area contributed by atoms with Crippen LogP contribution in [0.25, 0.3) is 10.9 Å². The van der Waals surface area contributed by atoms with Gasteiger partial charge in [0.15, 0.2) is 5.82 Å². The number of carbonyl (C=O) groups is 2. The van der Waals surface area contributed by atoms with Gasteiger partial charge in [0.25, 0.3) is 0 Å². The summed E-state index contributed by atoms with van der Waals surface area (Å²) in [6, 6.07) is 9.57. The van der Waals surface area contributed by atoms with Gasteiger partial charge in [0, 0.05) is 58.1 Å². The van der Waals surface area contributed by atoms with Crippen molar-refractivity contribution in [2.45, 2.75) is 75.5 Å². The number of benzene rings is 2. The lowest BCUT2D eigenvalue weighted by molar-refractivity contribution is -0.140. The van der Waals surface area contributed by atoms with Gasteiger partial charge < -0.3 is 11.1 Å². The lowest BCUT2D eigenvalue weighted by atomic mass is 9.88. The highest BCUT2D eigenvalue weighted by molar-refractivity contribution is 7.89. The van der Waals surface area contributed by atoms with Crippen molar-refractivity contribution < 1.29 is 31.2 Å². The highest BCUT2D eigenvalue weighted by atomic mass is 32.2. The van der Waals surface area contributed by atoms with E-state index >= 15 is 0 Å². The van der Waals surface area contributed by atoms with Crippen LogP contribution >= 0.6 is 0 Å². The van der Waals surface area contributed by atoms with Crippen molar-refractivity contribution >= 4 is 39.1 Å². The number of carbonyl (C=O) groups excluding carboxylic acids is 2. The Balaban J connectivity index is 0.00000255. The van der Waals surface area contributed by atoms with E-state index in [9.17, 15) is 31.2 Å². The number of aryl methyl sites for hydroxylation is 1. The summed E-state index contributed by atoms with van der Waals surface area (Å²) < 4.78 is 73.0. The van der Waals surface area contributed by atoms with Crippen LogP contribution in [0.1, 0.15) is 68.6 Å². The Hall–Kier alpha value is -3.53. The minimum atomic E-state index is -4.84. The van der Waals surface area contributed by atoms with E-state index in [0.717, 1.165) is 26.8 Å². The molecule has 5 rings (SSSR count). The Morgan fingerprint density at radius 2 is 1.75 bits per heavy atom. The Kier molecular flexibility index (Phi) is 12.3. The topological polar surface area (TPSA) is 134 Å². The van der Waals surface area contributed by atoms with Crippen LogP contribution in [0.4, 0.5) is 19.0 Å². The molecule has 0 atom stereocenters. The molecule has 0 bridgehead atoms. The standard InChI is InChI=1S/C31H40F3N7O4S.C2H6/c1-36-28(43)12-15-40(20-42)30-25-7-6-22(18-26(25)38(2)37-30)21-8-13-39(14-9-21)19-23-4-3-5-27(29(23)31(32,33)34)46(44,45)41-16-10-24(35)11-17-41;1-2/h3-7,18,20-21,24H,8-17,19,35H2,1-2H3,(H,36,43);1-2H3. The highest BCUT2D eigenvalue weighted by Gasteiger charge is 2.42. The van der Waals surface area contributed by atoms with Gasteiger partial charge in [-0.2, -0.15) is 22.6 Å². The van der Waals surface area contributed by atoms with Crippen molar-refractivity contribution in [2.75, 3.05) is 44.7 Å². The molecular weight excluding hydrogens is 647 g/mol. The summed E-state index contributed by atoms with van der Waals surface area (Å²) in [7, 11) is -1.03. The van der Waals surface area contributed by atoms with Gasteiger partial charge in [0.1, 0.15) is 0 Å². The molecule has 0 saturated carbocycles. The van der Waals surface area contributed by atoms with Crippen LogP contribution in [0.3, 0.4) is 0 Å². The van der Waals surface area contributed by atoms with Gasteiger partial charge in [-0.25, -0.2) is 8.42 Å². The number of hydrogen-bond acceptors (Lipinski definition) is 7. The second kappa shape index (κ2) is 15.8. The Morgan fingerprint density at radius 3 is 2.35 bits per heavy atom. The van der Waals surface area contributed by atoms with Gasteiger partial charge in [-0.1, -0.05) is 32.0 Å². The van der Waals surface area contributed by atoms with Crippen LogP contribution in [-0.4, -0.2) is 85.5 Å². The third-order valence-electron chi connectivity index (χ3n) is 9.08. The summed E-state index contributed by atoms with van der Waals surface area (Å²) in [6.07, 6.45) is -1.83. The number of nitrogens with two attached hydrogens (primary N) is 1. The average Bonchev–Trinajstić information content (AvgIpc) is 3.41. The third-order valence-corrected chi connectivity index (χ3v) is 11.0. The number of rotatable bonds is 10. The summed E-state index contributed by atoms with van der Waals surface area (Å²) in [5.74, 6) is 0.441. The van der Waals surface area contributed by atoms with Gasteiger partial charge in [0.05, 0.1) is 16.0 Å². The zero-order valence-electron chi connectivity index (χ0n) is 28.0. The number of aromatic nitrogens is 2. The molecule has 2 aromatic carbocycles. The van der Waals surface area contributed by atoms with Crippen LogP contribution in [-0.2, 0) is 39.4 Å². The first-order valence-electron chi connectivity index (χ1n) is 16.4. The first-order chi connectivity index (χ1) is 22.8. The van der Waals surface area contributed by atoms with Crippen molar-refractivity contribution in [1.82, 2.24) is 24.3 Å². The molecule has 2 aliphatic heterocycles. The molecule has 0 radical (unpaired) electrons. The Labute approximate surface area is 280 Å². The molecule has 0 aliphatic carbocycles. The number of alkyl halides is 3. The molecule has 3 N–H and O–H groups in total. The molecule has 48 heavy (non-hydrogen) atoms. The molecule has 2 aliphatic rings. The molecule has 264 valence electrons. The summed E-state index contributed by atoms with van der Waals surface area (Å²) in [6.45, 7) is 5.44. The smallest absolute Gasteiger partial charge is 0.359 e. The number of fused-ring (bicyclic) bond motifs is 1. The number of likely N-dealkylation sites (tertiary alicyclic amines) is 1. The van der Waals surface area contributed by atoms with Crippen molar-refractivity contribution in [3.05, 3.63) is 53.1 Å². The number of amides is 2. The first kappa shape index (κ1) is 37.3. The van der Waals surface area contributed by atoms with E-state index in [2.05, 4.69) is 10.4 Å². The predicted molar refractivity (Wildman–Crippen MR) is 179 cm³/mol. The second-order valence-electron chi connectivity index (χ2n) is 12.0. The fraction of sp³-hybridized carbons (Fsp3) is 0.545.